The summed E-state index contributed by atoms with van der Waals surface area (Å²) in [5.41, 5.74) is 0.426. The van der Waals surface area contributed by atoms with Gasteiger partial charge in [-0.05, 0) is 12.1 Å². The van der Waals surface area contributed by atoms with E-state index in [-0.39, 0.29) is 0 Å². The Morgan fingerprint density at radius 3 is 2.31 bits per heavy atom. The minimum absolute atomic E-state index is 0.426. The normalized spacial score (nSPS) is 10.3. The van der Waals surface area contributed by atoms with Crippen LogP contribution in [0.1, 0.15) is 0 Å². The lowest BCUT2D eigenvalue weighted by molar-refractivity contribution is 0.581. The predicted octanol–water partition coefficient (Wildman–Crippen LogP) is 2.15. The van der Waals surface area contributed by atoms with Crippen LogP contribution in [0.2, 0.25) is 0 Å². The smallest absolute Gasteiger partial charge is 0.128 e. The van der Waals surface area contributed by atoms with Crippen LogP contribution in [0.4, 0.5) is 8.78 Å². The number of aromatic nitrogens is 2. The van der Waals surface area contributed by atoms with E-state index < -0.39 is 11.6 Å². The summed E-state index contributed by atoms with van der Waals surface area (Å²) in [5.74, 6) is -1.19. The third-order valence-electron chi connectivity index (χ3n) is 1.65. The lowest BCUT2D eigenvalue weighted by atomic mass is 10.3. The molecule has 13 heavy (non-hydrogen) atoms. The van der Waals surface area contributed by atoms with Crippen LogP contribution in [0.3, 0.4) is 0 Å². The van der Waals surface area contributed by atoms with Crippen molar-refractivity contribution in [1.29, 1.82) is 0 Å². The molecule has 0 N–H and O–H groups in total. The van der Waals surface area contributed by atoms with E-state index in [1.807, 2.05) is 0 Å². The molecule has 0 aliphatic heterocycles. The summed E-state index contributed by atoms with van der Waals surface area (Å²) in [6, 6.07) is 3.32. The van der Waals surface area contributed by atoms with Gasteiger partial charge in [0, 0.05) is 18.5 Å². The van der Waals surface area contributed by atoms with Crippen LogP contribution < -0.4 is 0 Å². The first-order valence-corrected chi connectivity index (χ1v) is 3.70. The average Bonchev–Trinajstić information content (AvgIpc) is 2.53. The lowest BCUT2D eigenvalue weighted by Gasteiger charge is -2.01. The number of rotatable bonds is 1. The molecule has 2 nitrogen and oxygen atoms in total. The van der Waals surface area contributed by atoms with Crippen molar-refractivity contribution in [2.45, 2.75) is 0 Å². The van der Waals surface area contributed by atoms with Gasteiger partial charge < -0.3 is 4.57 Å². The molecule has 0 amide bonds. The van der Waals surface area contributed by atoms with E-state index in [1.54, 1.807) is 12.4 Å². The predicted molar refractivity (Wildman–Crippen MR) is 43.5 cm³/mol. The van der Waals surface area contributed by atoms with Gasteiger partial charge in [-0.25, -0.2) is 13.8 Å². The van der Waals surface area contributed by atoms with Gasteiger partial charge in [-0.2, -0.15) is 0 Å². The Kier molecular flexibility index (Phi) is 1.81. The van der Waals surface area contributed by atoms with Crippen molar-refractivity contribution in [3.8, 4) is 5.69 Å². The van der Waals surface area contributed by atoms with Crippen molar-refractivity contribution in [1.82, 2.24) is 9.55 Å². The fraction of sp³-hybridized carbons (Fsp3) is 0. The Bertz CT molecular complexity index is 389. The summed E-state index contributed by atoms with van der Waals surface area (Å²) in [7, 11) is 0. The van der Waals surface area contributed by atoms with Crippen LogP contribution in [0.15, 0.2) is 36.9 Å². The number of hydrogen-bond donors (Lipinski definition) is 0. The highest BCUT2D eigenvalue weighted by molar-refractivity contribution is 5.32. The van der Waals surface area contributed by atoms with Gasteiger partial charge in [0.2, 0.25) is 0 Å². The number of halogens is 2. The Morgan fingerprint density at radius 1 is 1.08 bits per heavy atom. The maximum Gasteiger partial charge on any atom is 0.128 e. The second kappa shape index (κ2) is 2.97. The maximum atomic E-state index is 12.7. The SMILES string of the molecule is Fc1cc(F)cc(-n2ccnc2)c1. The molecule has 0 saturated carbocycles. The molecule has 2 aromatic rings. The summed E-state index contributed by atoms with van der Waals surface area (Å²) in [6.07, 6.45) is 4.64. The quantitative estimate of drug-likeness (QED) is 0.657. The van der Waals surface area contributed by atoms with Crippen LogP contribution in [0, 0.1) is 11.6 Å². The summed E-state index contributed by atoms with van der Waals surface area (Å²) in [6.45, 7) is 0. The highest BCUT2D eigenvalue weighted by Crippen LogP contribution is 2.11. The van der Waals surface area contributed by atoms with Gasteiger partial charge in [-0.1, -0.05) is 0 Å². The molecule has 0 radical (unpaired) electrons. The van der Waals surface area contributed by atoms with Gasteiger partial charge in [0.15, 0.2) is 0 Å². The van der Waals surface area contributed by atoms with E-state index in [9.17, 15) is 8.78 Å². The molecule has 0 fully saturated rings. The molecule has 0 aliphatic carbocycles. The molecule has 0 bridgehead atoms. The number of nitrogens with zero attached hydrogens (tertiary/aromatic N) is 2. The van der Waals surface area contributed by atoms with Crippen molar-refractivity contribution in [2.24, 2.45) is 0 Å². The van der Waals surface area contributed by atoms with E-state index in [4.69, 9.17) is 0 Å². The molecule has 1 heterocycles. The zero-order chi connectivity index (χ0) is 9.26. The highest BCUT2D eigenvalue weighted by Gasteiger charge is 2.01. The second-order valence-corrected chi connectivity index (χ2v) is 2.60. The zero-order valence-electron chi connectivity index (χ0n) is 6.61. The molecule has 1 aromatic heterocycles. The molecule has 0 atom stereocenters. The molecule has 0 saturated heterocycles. The number of hydrogen-bond acceptors (Lipinski definition) is 1. The first-order chi connectivity index (χ1) is 6.25. The molecule has 0 spiro atoms. The summed E-state index contributed by atoms with van der Waals surface area (Å²) >= 11 is 0. The molecular weight excluding hydrogens is 174 g/mol. The largest absolute Gasteiger partial charge is 0.306 e. The van der Waals surface area contributed by atoms with Gasteiger partial charge in [0.05, 0.1) is 12.0 Å². The Labute approximate surface area is 73.5 Å². The van der Waals surface area contributed by atoms with Gasteiger partial charge >= 0.3 is 0 Å². The fourth-order valence-electron chi connectivity index (χ4n) is 1.10. The van der Waals surface area contributed by atoms with Crippen molar-refractivity contribution in [2.75, 3.05) is 0 Å². The molecular formula is C9H6F2N2. The van der Waals surface area contributed by atoms with E-state index in [2.05, 4.69) is 4.98 Å². The van der Waals surface area contributed by atoms with Gasteiger partial charge in [0.1, 0.15) is 11.6 Å². The standard InChI is InChI=1S/C9H6F2N2/c10-7-3-8(11)5-9(4-7)13-2-1-12-6-13/h1-6H. The molecule has 2 rings (SSSR count). The van der Waals surface area contributed by atoms with Crippen molar-refractivity contribution in [3.05, 3.63) is 48.6 Å². The zero-order valence-corrected chi connectivity index (χ0v) is 6.61. The van der Waals surface area contributed by atoms with E-state index in [0.717, 1.165) is 6.07 Å². The third-order valence-corrected chi connectivity index (χ3v) is 1.65. The Hall–Kier alpha value is -1.71. The van der Waals surface area contributed by atoms with Crippen LogP contribution in [-0.4, -0.2) is 9.55 Å². The molecule has 0 aliphatic rings. The van der Waals surface area contributed by atoms with E-state index in [0.29, 0.717) is 5.69 Å². The third kappa shape index (κ3) is 1.56. The lowest BCUT2D eigenvalue weighted by Crippen LogP contribution is -1.92. The van der Waals surface area contributed by atoms with Crippen LogP contribution in [0.25, 0.3) is 5.69 Å². The monoisotopic (exact) mass is 180 g/mol. The van der Waals surface area contributed by atoms with E-state index >= 15 is 0 Å². The first-order valence-electron chi connectivity index (χ1n) is 3.70. The van der Waals surface area contributed by atoms with Gasteiger partial charge in [-0.15, -0.1) is 0 Å². The van der Waals surface area contributed by atoms with Crippen molar-refractivity contribution in [3.63, 3.8) is 0 Å². The minimum atomic E-state index is -0.594. The summed E-state index contributed by atoms with van der Waals surface area (Å²) in [5, 5.41) is 0. The van der Waals surface area contributed by atoms with Crippen LogP contribution >= 0.6 is 0 Å². The molecule has 0 unspecified atom stereocenters. The van der Waals surface area contributed by atoms with E-state index in [1.165, 1.54) is 23.0 Å². The average molecular weight is 180 g/mol. The molecule has 4 heteroatoms. The maximum absolute atomic E-state index is 12.7. The number of imidazole rings is 1. The van der Waals surface area contributed by atoms with Gasteiger partial charge in [-0.3, -0.25) is 0 Å². The Balaban J connectivity index is 2.53. The molecule has 1 aromatic carbocycles. The summed E-state index contributed by atoms with van der Waals surface area (Å²) < 4.78 is 27.0. The van der Waals surface area contributed by atoms with Crippen molar-refractivity contribution >= 4 is 0 Å². The summed E-state index contributed by atoms with van der Waals surface area (Å²) in [4.78, 5) is 3.78. The second-order valence-electron chi connectivity index (χ2n) is 2.60. The topological polar surface area (TPSA) is 17.8 Å². The highest BCUT2D eigenvalue weighted by atomic mass is 19.1. The molecule has 66 valence electrons. The van der Waals surface area contributed by atoms with Crippen LogP contribution in [-0.2, 0) is 0 Å². The van der Waals surface area contributed by atoms with Gasteiger partial charge in [0.25, 0.3) is 0 Å². The fourth-order valence-corrected chi connectivity index (χ4v) is 1.10. The van der Waals surface area contributed by atoms with Crippen molar-refractivity contribution < 1.29 is 8.78 Å². The first kappa shape index (κ1) is 7.91. The van der Waals surface area contributed by atoms with Crippen LogP contribution in [0.5, 0.6) is 0 Å². The Morgan fingerprint density at radius 2 is 1.77 bits per heavy atom. The number of benzene rings is 1. The minimum Gasteiger partial charge on any atom is -0.306 e.